The van der Waals surface area contributed by atoms with E-state index < -0.39 is 0 Å². The number of hydrogen-bond acceptors (Lipinski definition) is 5. The average Bonchev–Trinajstić information content (AvgIpc) is 3.34. The molecule has 1 aliphatic heterocycles. The Balaban J connectivity index is 1.22. The molecule has 6 heteroatoms. The summed E-state index contributed by atoms with van der Waals surface area (Å²) < 4.78 is 17.2. The van der Waals surface area contributed by atoms with Gasteiger partial charge in [-0.15, -0.1) is 0 Å². The zero-order valence-electron chi connectivity index (χ0n) is 20.5. The van der Waals surface area contributed by atoms with Crippen molar-refractivity contribution in [1.29, 1.82) is 0 Å². The highest BCUT2D eigenvalue weighted by molar-refractivity contribution is 5.63. The van der Waals surface area contributed by atoms with Gasteiger partial charge < -0.3 is 19.1 Å². The van der Waals surface area contributed by atoms with Gasteiger partial charge in [-0.25, -0.2) is 0 Å². The van der Waals surface area contributed by atoms with Gasteiger partial charge in [0.05, 0.1) is 11.9 Å². The van der Waals surface area contributed by atoms with E-state index in [1.54, 1.807) is 0 Å². The van der Waals surface area contributed by atoms with E-state index in [0.717, 1.165) is 61.9 Å². The molecular weight excluding hydrogens is 426 g/mol. The molecule has 1 aliphatic rings. The summed E-state index contributed by atoms with van der Waals surface area (Å²) in [5.74, 6) is 2.32. The SMILES string of the molecule is CCCCN(C)Cc1cn[nH]c1-c1ccc(OCCOc2ccc(C3CCOCC3)cc2)cc1. The van der Waals surface area contributed by atoms with Crippen molar-refractivity contribution < 1.29 is 14.2 Å². The minimum atomic E-state index is 0.499. The predicted octanol–water partition coefficient (Wildman–Crippen LogP) is 5.66. The zero-order chi connectivity index (χ0) is 23.6. The molecule has 1 aromatic heterocycles. The van der Waals surface area contributed by atoms with Gasteiger partial charge >= 0.3 is 0 Å². The topological polar surface area (TPSA) is 59.6 Å². The lowest BCUT2D eigenvalue weighted by Crippen LogP contribution is -2.19. The molecule has 3 aromatic rings. The number of rotatable bonds is 12. The van der Waals surface area contributed by atoms with Crippen LogP contribution in [-0.4, -0.2) is 55.1 Å². The Morgan fingerprint density at radius 1 is 0.971 bits per heavy atom. The third-order valence-corrected chi connectivity index (χ3v) is 6.39. The molecule has 0 bridgehead atoms. The lowest BCUT2D eigenvalue weighted by molar-refractivity contribution is 0.0853. The van der Waals surface area contributed by atoms with Gasteiger partial charge in [-0.05, 0) is 80.7 Å². The number of ether oxygens (including phenoxy) is 3. The van der Waals surface area contributed by atoms with Crippen molar-refractivity contribution in [2.45, 2.75) is 45.1 Å². The van der Waals surface area contributed by atoms with Crippen LogP contribution in [0.25, 0.3) is 11.3 Å². The fraction of sp³-hybridized carbons (Fsp3) is 0.464. The standard InChI is InChI=1S/C28H37N3O3/c1-3-4-15-31(2)21-25-20-29-30-28(25)24-7-11-27(12-8-24)34-19-18-33-26-9-5-22(6-10-26)23-13-16-32-17-14-23/h5-12,20,23H,3-4,13-19,21H2,1-2H3,(H,29,30). The van der Waals surface area contributed by atoms with E-state index in [-0.39, 0.29) is 0 Å². The van der Waals surface area contributed by atoms with Crippen molar-refractivity contribution in [2.75, 3.05) is 40.0 Å². The van der Waals surface area contributed by atoms with Crippen LogP contribution in [0, 0.1) is 0 Å². The van der Waals surface area contributed by atoms with Gasteiger partial charge in [0, 0.05) is 30.9 Å². The number of unbranched alkanes of at least 4 members (excludes halogenated alkanes) is 1. The van der Waals surface area contributed by atoms with Crippen LogP contribution < -0.4 is 9.47 Å². The molecule has 0 saturated carbocycles. The Hall–Kier alpha value is -2.83. The molecule has 182 valence electrons. The fourth-order valence-corrected chi connectivity index (χ4v) is 4.38. The quantitative estimate of drug-likeness (QED) is 0.351. The molecule has 2 heterocycles. The molecule has 2 aromatic carbocycles. The maximum absolute atomic E-state index is 5.89. The van der Waals surface area contributed by atoms with Gasteiger partial charge in [-0.2, -0.15) is 5.10 Å². The maximum Gasteiger partial charge on any atom is 0.122 e. The first-order chi connectivity index (χ1) is 16.7. The number of nitrogens with one attached hydrogen (secondary N) is 1. The second-order valence-corrected chi connectivity index (χ2v) is 9.04. The van der Waals surface area contributed by atoms with E-state index in [0.29, 0.717) is 19.1 Å². The molecule has 0 amide bonds. The summed E-state index contributed by atoms with van der Waals surface area (Å²) in [5.41, 5.74) is 4.77. The summed E-state index contributed by atoms with van der Waals surface area (Å²) in [6.07, 6.45) is 6.55. The van der Waals surface area contributed by atoms with Crippen LogP contribution in [0.15, 0.2) is 54.7 Å². The van der Waals surface area contributed by atoms with Crippen LogP contribution in [0.1, 0.15) is 49.7 Å². The number of H-pyrrole nitrogens is 1. The molecule has 0 radical (unpaired) electrons. The highest BCUT2D eigenvalue weighted by Crippen LogP contribution is 2.28. The summed E-state index contributed by atoms with van der Waals surface area (Å²) >= 11 is 0. The molecule has 4 rings (SSSR count). The van der Waals surface area contributed by atoms with E-state index in [9.17, 15) is 0 Å². The van der Waals surface area contributed by atoms with E-state index in [2.05, 4.69) is 65.5 Å². The third-order valence-electron chi connectivity index (χ3n) is 6.39. The number of benzene rings is 2. The molecule has 1 saturated heterocycles. The molecule has 0 spiro atoms. The Morgan fingerprint density at radius 3 is 2.26 bits per heavy atom. The summed E-state index contributed by atoms with van der Waals surface area (Å²) in [5, 5.41) is 7.43. The molecule has 6 nitrogen and oxygen atoms in total. The van der Waals surface area contributed by atoms with E-state index in [4.69, 9.17) is 14.2 Å². The molecule has 0 unspecified atom stereocenters. The van der Waals surface area contributed by atoms with Gasteiger partial charge in [-0.1, -0.05) is 25.5 Å². The van der Waals surface area contributed by atoms with Crippen molar-refractivity contribution in [1.82, 2.24) is 15.1 Å². The minimum Gasteiger partial charge on any atom is -0.490 e. The molecule has 34 heavy (non-hydrogen) atoms. The first-order valence-corrected chi connectivity index (χ1v) is 12.5. The van der Waals surface area contributed by atoms with Crippen LogP contribution >= 0.6 is 0 Å². The molecule has 1 N–H and O–H groups in total. The second kappa shape index (κ2) is 12.6. The number of aromatic nitrogens is 2. The molecule has 0 atom stereocenters. The van der Waals surface area contributed by atoms with Gasteiger partial charge in [0.2, 0.25) is 0 Å². The van der Waals surface area contributed by atoms with Crippen molar-refractivity contribution in [3.05, 3.63) is 65.9 Å². The van der Waals surface area contributed by atoms with E-state index in [1.807, 2.05) is 18.3 Å². The summed E-state index contributed by atoms with van der Waals surface area (Å²) in [6, 6.07) is 16.6. The summed E-state index contributed by atoms with van der Waals surface area (Å²) in [7, 11) is 2.16. The van der Waals surface area contributed by atoms with Gasteiger partial charge in [0.1, 0.15) is 24.7 Å². The molecular formula is C28H37N3O3. The van der Waals surface area contributed by atoms with Crippen LogP contribution in [-0.2, 0) is 11.3 Å². The minimum absolute atomic E-state index is 0.499. The average molecular weight is 464 g/mol. The van der Waals surface area contributed by atoms with Crippen LogP contribution in [0.2, 0.25) is 0 Å². The largest absolute Gasteiger partial charge is 0.490 e. The van der Waals surface area contributed by atoms with Crippen LogP contribution in [0.4, 0.5) is 0 Å². The second-order valence-electron chi connectivity index (χ2n) is 9.04. The normalized spacial score (nSPS) is 14.4. The van der Waals surface area contributed by atoms with E-state index in [1.165, 1.54) is 24.0 Å². The third kappa shape index (κ3) is 6.84. The summed E-state index contributed by atoms with van der Waals surface area (Å²) in [6.45, 7) is 6.93. The van der Waals surface area contributed by atoms with E-state index >= 15 is 0 Å². The van der Waals surface area contributed by atoms with Crippen molar-refractivity contribution in [3.8, 4) is 22.8 Å². The first kappa shape index (κ1) is 24.3. The van der Waals surface area contributed by atoms with Crippen LogP contribution in [0.3, 0.4) is 0 Å². The number of aromatic amines is 1. The van der Waals surface area contributed by atoms with Crippen molar-refractivity contribution >= 4 is 0 Å². The lowest BCUT2D eigenvalue weighted by Gasteiger charge is -2.22. The molecule has 0 aliphatic carbocycles. The Kier molecular flexibility index (Phi) is 8.99. The molecule has 1 fully saturated rings. The highest BCUT2D eigenvalue weighted by Gasteiger charge is 2.15. The Bertz CT molecular complexity index is 979. The highest BCUT2D eigenvalue weighted by atomic mass is 16.5. The predicted molar refractivity (Wildman–Crippen MR) is 135 cm³/mol. The maximum atomic E-state index is 5.89. The van der Waals surface area contributed by atoms with Gasteiger partial charge in [-0.3, -0.25) is 5.10 Å². The van der Waals surface area contributed by atoms with Crippen molar-refractivity contribution in [2.24, 2.45) is 0 Å². The van der Waals surface area contributed by atoms with Crippen molar-refractivity contribution in [3.63, 3.8) is 0 Å². The zero-order valence-corrected chi connectivity index (χ0v) is 20.5. The van der Waals surface area contributed by atoms with Gasteiger partial charge in [0.25, 0.3) is 0 Å². The Labute approximate surface area is 203 Å². The number of nitrogens with zero attached hydrogens (tertiary/aromatic N) is 2. The smallest absolute Gasteiger partial charge is 0.122 e. The number of hydrogen-bond donors (Lipinski definition) is 1. The van der Waals surface area contributed by atoms with Crippen LogP contribution in [0.5, 0.6) is 11.5 Å². The lowest BCUT2D eigenvalue weighted by atomic mass is 9.92. The first-order valence-electron chi connectivity index (χ1n) is 12.5. The fourth-order valence-electron chi connectivity index (χ4n) is 4.38. The Morgan fingerprint density at radius 2 is 1.62 bits per heavy atom. The van der Waals surface area contributed by atoms with Gasteiger partial charge in [0.15, 0.2) is 0 Å². The monoisotopic (exact) mass is 463 g/mol. The summed E-state index contributed by atoms with van der Waals surface area (Å²) in [4.78, 5) is 2.34.